The number of amides is 2. The highest BCUT2D eigenvalue weighted by atomic mass is 16.4. The first kappa shape index (κ1) is 16.7. The second kappa shape index (κ2) is 8.78. The van der Waals surface area contributed by atoms with E-state index < -0.39 is 18.0 Å². The molecule has 0 saturated heterocycles. The molecule has 0 bridgehead atoms. The molecule has 5 heteroatoms. The molecule has 0 radical (unpaired) electrons. The van der Waals surface area contributed by atoms with Gasteiger partial charge in [0.1, 0.15) is 6.04 Å². The highest BCUT2D eigenvalue weighted by Gasteiger charge is 2.19. The molecule has 2 unspecified atom stereocenters. The molecule has 5 nitrogen and oxygen atoms in total. The number of rotatable bonds is 8. The molecule has 0 heterocycles. The third kappa shape index (κ3) is 7.92. The molecule has 0 aromatic rings. The smallest absolute Gasteiger partial charge is 0.326 e. The lowest BCUT2D eigenvalue weighted by atomic mass is 10.1. The fourth-order valence-corrected chi connectivity index (χ4v) is 1.86. The number of carboxylic acids is 1. The monoisotopic (exact) mass is 258 g/mol. The first-order valence-electron chi connectivity index (χ1n) is 6.66. The number of carbonyl (C=O) groups is 2. The predicted octanol–water partition coefficient (Wildman–Crippen LogP) is 2.36. The first-order chi connectivity index (χ1) is 8.36. The van der Waals surface area contributed by atoms with Crippen LogP contribution in [0.4, 0.5) is 4.79 Å². The Balaban J connectivity index is 4.12. The number of hydrogen-bond acceptors (Lipinski definition) is 2. The van der Waals surface area contributed by atoms with Gasteiger partial charge in [0.05, 0.1) is 0 Å². The lowest BCUT2D eigenvalue weighted by molar-refractivity contribution is -0.139. The van der Waals surface area contributed by atoms with Crippen molar-refractivity contribution in [3.63, 3.8) is 0 Å². The lowest BCUT2D eigenvalue weighted by Crippen LogP contribution is -2.48. The molecule has 0 aliphatic rings. The Kier molecular flexibility index (Phi) is 8.16. The van der Waals surface area contributed by atoms with Gasteiger partial charge in [0.25, 0.3) is 0 Å². The van der Waals surface area contributed by atoms with Crippen molar-refractivity contribution < 1.29 is 14.7 Å². The zero-order chi connectivity index (χ0) is 14.1. The molecule has 0 saturated carbocycles. The van der Waals surface area contributed by atoms with Gasteiger partial charge in [-0.05, 0) is 25.7 Å². The van der Waals surface area contributed by atoms with Crippen molar-refractivity contribution >= 4 is 12.0 Å². The second-order valence-corrected chi connectivity index (χ2v) is 5.18. The number of nitrogens with one attached hydrogen (secondary N) is 2. The first-order valence-corrected chi connectivity index (χ1v) is 6.66. The summed E-state index contributed by atoms with van der Waals surface area (Å²) >= 11 is 0. The van der Waals surface area contributed by atoms with Crippen LogP contribution in [-0.4, -0.2) is 29.2 Å². The van der Waals surface area contributed by atoms with Crippen LogP contribution in [-0.2, 0) is 4.79 Å². The number of unbranched alkanes of at least 4 members (excludes halogenated alkanes) is 1. The van der Waals surface area contributed by atoms with Crippen molar-refractivity contribution in [3.05, 3.63) is 0 Å². The Labute approximate surface area is 109 Å². The summed E-state index contributed by atoms with van der Waals surface area (Å²) in [5.74, 6) is -0.481. The van der Waals surface area contributed by atoms with E-state index in [4.69, 9.17) is 5.11 Å². The maximum Gasteiger partial charge on any atom is 0.326 e. The van der Waals surface area contributed by atoms with Gasteiger partial charge >= 0.3 is 12.0 Å². The van der Waals surface area contributed by atoms with Crippen LogP contribution in [0, 0.1) is 5.92 Å². The van der Waals surface area contributed by atoms with E-state index in [1.807, 2.05) is 13.8 Å². The zero-order valence-electron chi connectivity index (χ0n) is 11.8. The molecule has 0 fully saturated rings. The minimum Gasteiger partial charge on any atom is -0.480 e. The molecule has 3 N–H and O–H groups in total. The van der Waals surface area contributed by atoms with Gasteiger partial charge in [0.2, 0.25) is 0 Å². The van der Waals surface area contributed by atoms with Crippen LogP contribution in [0.1, 0.15) is 53.4 Å². The van der Waals surface area contributed by atoms with Gasteiger partial charge in [-0.2, -0.15) is 0 Å². The molecule has 2 atom stereocenters. The fraction of sp³-hybridized carbons (Fsp3) is 0.846. The number of aliphatic carboxylic acids is 1. The summed E-state index contributed by atoms with van der Waals surface area (Å²) < 4.78 is 0. The number of carbonyl (C=O) groups excluding carboxylic acids is 1. The van der Waals surface area contributed by atoms with Gasteiger partial charge in [0, 0.05) is 6.04 Å². The third-order valence-corrected chi connectivity index (χ3v) is 2.65. The highest BCUT2D eigenvalue weighted by molar-refractivity contribution is 5.82. The average Bonchev–Trinajstić information content (AvgIpc) is 2.22. The van der Waals surface area contributed by atoms with E-state index in [0.29, 0.717) is 12.3 Å². The molecule has 0 aliphatic carbocycles. The van der Waals surface area contributed by atoms with Crippen molar-refractivity contribution in [2.45, 2.75) is 65.5 Å². The molecule has 106 valence electrons. The van der Waals surface area contributed by atoms with Gasteiger partial charge in [-0.3, -0.25) is 0 Å². The quantitative estimate of drug-likeness (QED) is 0.625. The topological polar surface area (TPSA) is 78.4 Å². The molecule has 0 spiro atoms. The summed E-state index contributed by atoms with van der Waals surface area (Å²) in [5, 5.41) is 14.3. The molecule has 0 aliphatic heterocycles. The normalized spacial score (nSPS) is 14.1. The van der Waals surface area contributed by atoms with Gasteiger partial charge in [0.15, 0.2) is 0 Å². The van der Waals surface area contributed by atoms with E-state index in [0.717, 1.165) is 19.3 Å². The summed E-state index contributed by atoms with van der Waals surface area (Å²) in [5.41, 5.74) is 0. The molecule has 0 aromatic heterocycles. The SMILES string of the molecule is CCCCC(NC(=O)NC(C)CC(C)C)C(=O)O. The minimum absolute atomic E-state index is 0.0469. The van der Waals surface area contributed by atoms with Gasteiger partial charge < -0.3 is 15.7 Å². The van der Waals surface area contributed by atoms with E-state index in [2.05, 4.69) is 24.5 Å². The maximum atomic E-state index is 11.6. The van der Waals surface area contributed by atoms with Crippen molar-refractivity contribution in [2.75, 3.05) is 0 Å². The van der Waals surface area contributed by atoms with Crippen LogP contribution in [0.5, 0.6) is 0 Å². The number of hydrogen-bond donors (Lipinski definition) is 3. The van der Waals surface area contributed by atoms with Crippen LogP contribution < -0.4 is 10.6 Å². The molecular formula is C13H26N2O3. The summed E-state index contributed by atoms with van der Waals surface area (Å²) in [6.07, 6.45) is 3.05. The third-order valence-electron chi connectivity index (χ3n) is 2.65. The zero-order valence-corrected chi connectivity index (χ0v) is 11.8. The molecule has 2 amide bonds. The van der Waals surface area contributed by atoms with E-state index in [9.17, 15) is 9.59 Å². The maximum absolute atomic E-state index is 11.6. The largest absolute Gasteiger partial charge is 0.480 e. The Morgan fingerprint density at radius 2 is 1.78 bits per heavy atom. The van der Waals surface area contributed by atoms with Gasteiger partial charge in [-0.1, -0.05) is 33.6 Å². The van der Waals surface area contributed by atoms with Crippen LogP contribution in [0.3, 0.4) is 0 Å². The average molecular weight is 258 g/mol. The van der Waals surface area contributed by atoms with E-state index in [-0.39, 0.29) is 6.04 Å². The molecular weight excluding hydrogens is 232 g/mol. The second-order valence-electron chi connectivity index (χ2n) is 5.18. The number of carboxylic acid groups (broad SMARTS) is 1. The van der Waals surface area contributed by atoms with Crippen molar-refractivity contribution in [3.8, 4) is 0 Å². The van der Waals surface area contributed by atoms with Gasteiger partial charge in [-0.25, -0.2) is 9.59 Å². The standard InChI is InChI=1S/C13H26N2O3/c1-5-6-7-11(12(16)17)15-13(18)14-10(4)8-9(2)3/h9-11H,5-8H2,1-4H3,(H,16,17)(H2,14,15,18). The van der Waals surface area contributed by atoms with Crippen LogP contribution >= 0.6 is 0 Å². The highest BCUT2D eigenvalue weighted by Crippen LogP contribution is 2.04. The Hall–Kier alpha value is -1.26. The van der Waals surface area contributed by atoms with Crippen molar-refractivity contribution in [1.29, 1.82) is 0 Å². The van der Waals surface area contributed by atoms with Crippen molar-refractivity contribution in [2.24, 2.45) is 5.92 Å². The fourth-order valence-electron chi connectivity index (χ4n) is 1.86. The molecule has 0 rings (SSSR count). The number of urea groups is 1. The van der Waals surface area contributed by atoms with E-state index in [1.54, 1.807) is 0 Å². The summed E-state index contributed by atoms with van der Waals surface area (Å²) in [6.45, 7) is 8.07. The van der Waals surface area contributed by atoms with Gasteiger partial charge in [-0.15, -0.1) is 0 Å². The molecule has 0 aromatic carbocycles. The van der Waals surface area contributed by atoms with Crippen molar-refractivity contribution in [1.82, 2.24) is 10.6 Å². The van der Waals surface area contributed by atoms with E-state index >= 15 is 0 Å². The summed E-state index contributed by atoms with van der Waals surface area (Å²) in [4.78, 5) is 22.6. The van der Waals surface area contributed by atoms with Crippen LogP contribution in [0.15, 0.2) is 0 Å². The van der Waals surface area contributed by atoms with Crippen LogP contribution in [0.25, 0.3) is 0 Å². The molecule has 18 heavy (non-hydrogen) atoms. The predicted molar refractivity (Wildman–Crippen MR) is 71.5 cm³/mol. The van der Waals surface area contributed by atoms with Crippen LogP contribution in [0.2, 0.25) is 0 Å². The van der Waals surface area contributed by atoms with E-state index in [1.165, 1.54) is 0 Å². The summed E-state index contributed by atoms with van der Waals surface area (Å²) in [6, 6.07) is -1.14. The Bertz CT molecular complexity index is 267. The Morgan fingerprint density at radius 3 is 2.22 bits per heavy atom. The Morgan fingerprint density at radius 1 is 1.17 bits per heavy atom. The minimum atomic E-state index is -0.977. The summed E-state index contributed by atoms with van der Waals surface area (Å²) in [7, 11) is 0. The lowest BCUT2D eigenvalue weighted by Gasteiger charge is -2.19.